The van der Waals surface area contributed by atoms with E-state index < -0.39 is 0 Å². The average molecular weight is 1680 g/mol. The van der Waals surface area contributed by atoms with Gasteiger partial charge in [-0.2, -0.15) is 4.57 Å². The summed E-state index contributed by atoms with van der Waals surface area (Å²) in [7, 11) is 12.6. The molecule has 0 saturated heterocycles. The first-order chi connectivity index (χ1) is 63.0. The number of aromatic nitrogens is 12. The zero-order valence-corrected chi connectivity index (χ0v) is 74.9. The minimum Gasteiger partial charge on any atom is -0.455 e. The first kappa shape index (κ1) is 81.2. The summed E-state index contributed by atoms with van der Waals surface area (Å²) in [5, 5.41) is 8.81. The van der Waals surface area contributed by atoms with Gasteiger partial charge in [-0.1, -0.05) is 127 Å². The molecule has 0 amide bonds. The van der Waals surface area contributed by atoms with Crippen LogP contribution in [0, 0.1) is 41.5 Å². The molecular weight excluding hydrogens is 1580 g/mol. The maximum absolute atomic E-state index is 6.28. The van der Waals surface area contributed by atoms with Gasteiger partial charge in [-0.25, -0.2) is 22.8 Å². The molecule has 0 radical (unpaired) electrons. The molecule has 18 aromatic heterocycles. The Balaban J connectivity index is 0.0000000971. The predicted octanol–water partition coefficient (Wildman–Crippen LogP) is 24.1. The number of aryl methyl sites for hydroxylation is 12. The molecule has 0 aliphatic carbocycles. The van der Waals surface area contributed by atoms with Crippen LogP contribution in [0.1, 0.15) is 33.4 Å². The molecule has 0 atom stereocenters. The number of benzene rings is 7. The van der Waals surface area contributed by atoms with E-state index in [0.717, 1.165) is 16.7 Å². The summed E-state index contributed by atoms with van der Waals surface area (Å²) in [4.78, 5) is 0. The van der Waals surface area contributed by atoms with Gasteiger partial charge in [0.05, 0.1) is 83.7 Å². The van der Waals surface area contributed by atoms with Crippen molar-refractivity contribution in [3.63, 3.8) is 0 Å². The van der Waals surface area contributed by atoms with Crippen molar-refractivity contribution in [1.29, 1.82) is 0 Å². The molecule has 129 heavy (non-hydrogen) atoms. The summed E-state index contributed by atoms with van der Waals surface area (Å²) in [6.07, 6.45) is 27.6. The van der Waals surface area contributed by atoms with Gasteiger partial charge in [0, 0.05) is 147 Å². The van der Waals surface area contributed by atoms with Crippen LogP contribution in [0.25, 0.3) is 177 Å². The largest absolute Gasteiger partial charge is 0.455 e. The van der Waals surface area contributed by atoms with Gasteiger partial charge in [-0.15, -0.1) is 0 Å². The maximum Gasteiger partial charge on any atom is 0.240 e. The highest BCUT2D eigenvalue weighted by molar-refractivity contribution is 6.11. The number of para-hydroxylation sites is 6. The summed E-state index contributed by atoms with van der Waals surface area (Å²) in [5.41, 5.74) is 38.5. The Labute approximate surface area is 749 Å². The van der Waals surface area contributed by atoms with Crippen LogP contribution >= 0.6 is 0 Å². The fourth-order valence-electron chi connectivity index (χ4n) is 19.4. The van der Waals surface area contributed by atoms with Crippen LogP contribution in [0.5, 0.6) is 0 Å². The van der Waals surface area contributed by atoms with Gasteiger partial charge in [0.2, 0.25) is 34.2 Å². The number of fused-ring (bicyclic) bond motifs is 19. The summed E-state index contributed by atoms with van der Waals surface area (Å²) >= 11 is 0. The van der Waals surface area contributed by atoms with E-state index in [-0.39, 0.29) is 0 Å². The van der Waals surface area contributed by atoms with E-state index in [9.17, 15) is 0 Å². The third kappa shape index (κ3) is 14.7. The number of nitrogens with zero attached hydrogens (tertiary/aromatic N) is 12. The van der Waals surface area contributed by atoms with Crippen molar-refractivity contribution in [2.45, 2.75) is 41.5 Å². The first-order valence-electron chi connectivity index (χ1n) is 44.1. The molecule has 0 aliphatic heterocycles. The van der Waals surface area contributed by atoms with Gasteiger partial charge in [0.15, 0.2) is 37.2 Å². The summed E-state index contributed by atoms with van der Waals surface area (Å²) < 4.78 is 32.9. The zero-order valence-electron chi connectivity index (χ0n) is 74.9. The van der Waals surface area contributed by atoms with E-state index >= 15 is 0 Å². The molecule has 0 fully saturated rings. The molecule has 0 bridgehead atoms. The van der Waals surface area contributed by atoms with Gasteiger partial charge in [-0.3, -0.25) is 0 Å². The molecule has 0 aliphatic rings. The maximum atomic E-state index is 6.28. The second-order valence-corrected chi connectivity index (χ2v) is 33.9. The van der Waals surface area contributed by atoms with Crippen LogP contribution in [0.2, 0.25) is 0 Å². The van der Waals surface area contributed by atoms with Gasteiger partial charge < -0.3 is 30.8 Å². The molecule has 0 N–H and O–H groups in total. The smallest absolute Gasteiger partial charge is 0.240 e. The van der Waals surface area contributed by atoms with E-state index in [1.165, 1.54) is 194 Å². The standard InChI is InChI=1S/C21H17N2O.5C19H17N2/c1-14-9-10-16-15-6-3-4-8-18(15)24-21(16)19(14)20-17-7-5-11-23(17)13-12-22(20)2;1-14-8-7-13-21-16-10-4-3-9-15(16)18(19(14)21)17-11-5-6-12-20(17)2;1-14-15-8-3-4-11-18(15)21-13-7-9-16(19(14)21)17-10-5-6-12-20(17)2;1-14-16(18-9-5-6-11-20(18)2)10-12-21-17-8-4-3-7-15(17)13-19(14)21;1-14-10-12-21-16-8-4-3-7-15(16)13-18(21)19(14)17-9-5-6-11-20(17)2;1-14-13-21-16(11-15-7-3-4-8-18(15)21)12-17(14)19-9-5-6-10-20(19)2/h3-13H,1-2H3;5*3-13H,1-2H3/q6*+1. The van der Waals surface area contributed by atoms with Crippen molar-refractivity contribution in [2.75, 3.05) is 0 Å². The van der Waals surface area contributed by atoms with Crippen molar-refractivity contribution < 1.29 is 31.8 Å². The van der Waals surface area contributed by atoms with E-state index in [4.69, 9.17) is 4.42 Å². The van der Waals surface area contributed by atoms with Crippen LogP contribution in [0.4, 0.5) is 0 Å². The molecule has 25 aromatic rings. The second kappa shape index (κ2) is 34.1. The molecule has 0 unspecified atom stereocenters. The molecule has 13 heteroatoms. The molecular formula is C116H102N12O+6. The molecule has 18 heterocycles. The Morgan fingerprint density at radius 3 is 1.33 bits per heavy atom. The topological polar surface area (TPSA) is 62.9 Å². The van der Waals surface area contributed by atoms with Crippen molar-refractivity contribution in [1.82, 2.24) is 26.4 Å². The monoisotopic (exact) mass is 1680 g/mol. The lowest BCUT2D eigenvalue weighted by molar-refractivity contribution is -0.660. The number of hydrogen-bond acceptors (Lipinski definition) is 1. The van der Waals surface area contributed by atoms with Crippen LogP contribution in [0.15, 0.2) is 406 Å². The Morgan fingerprint density at radius 2 is 0.705 bits per heavy atom. The second-order valence-electron chi connectivity index (χ2n) is 33.9. The van der Waals surface area contributed by atoms with Gasteiger partial charge in [-0.05, 0) is 208 Å². The quantitative estimate of drug-likeness (QED) is 0.153. The lowest BCUT2D eigenvalue weighted by Gasteiger charge is -2.07. The highest BCUT2D eigenvalue weighted by atomic mass is 16.3. The summed E-state index contributed by atoms with van der Waals surface area (Å²) in [6, 6.07) is 113. The minimum atomic E-state index is 0.935. The molecule has 13 nitrogen and oxygen atoms in total. The number of hydrogen-bond donors (Lipinski definition) is 0. The molecule has 626 valence electrons. The Hall–Kier alpha value is -16.1. The third-order valence-corrected chi connectivity index (χ3v) is 25.8. The van der Waals surface area contributed by atoms with E-state index in [0.29, 0.717) is 0 Å². The predicted molar refractivity (Wildman–Crippen MR) is 527 cm³/mol. The highest BCUT2D eigenvalue weighted by Crippen LogP contribution is 2.41. The van der Waals surface area contributed by atoms with Crippen LogP contribution in [0.3, 0.4) is 0 Å². The van der Waals surface area contributed by atoms with E-state index in [1.807, 2.05) is 12.1 Å². The average Bonchev–Trinajstić information content (AvgIpc) is 1.59. The number of rotatable bonds is 6. The number of furan rings is 1. The van der Waals surface area contributed by atoms with Crippen molar-refractivity contribution in [3.8, 4) is 67.5 Å². The summed E-state index contributed by atoms with van der Waals surface area (Å²) in [6.45, 7) is 13.1. The van der Waals surface area contributed by atoms with Crippen molar-refractivity contribution in [2.24, 2.45) is 42.3 Å². The first-order valence-corrected chi connectivity index (χ1v) is 44.1. The molecule has 7 aromatic carbocycles. The Kier molecular flexibility index (Phi) is 21.5. The Bertz CT molecular complexity index is 8570. The van der Waals surface area contributed by atoms with Crippen LogP contribution in [-0.2, 0) is 42.3 Å². The Morgan fingerprint density at radius 1 is 0.240 bits per heavy atom. The minimum absolute atomic E-state index is 0.935. The molecule has 0 saturated carbocycles. The van der Waals surface area contributed by atoms with Crippen molar-refractivity contribution >= 4 is 110 Å². The third-order valence-electron chi connectivity index (χ3n) is 25.8. The lowest BCUT2D eigenvalue weighted by Crippen LogP contribution is -2.31. The van der Waals surface area contributed by atoms with Gasteiger partial charge in [0.1, 0.15) is 59.0 Å². The highest BCUT2D eigenvalue weighted by Gasteiger charge is 2.27. The van der Waals surface area contributed by atoms with Gasteiger partial charge in [0.25, 0.3) is 0 Å². The number of pyridine rings is 10. The lowest BCUT2D eigenvalue weighted by atomic mass is 10.0. The SMILES string of the molecule is Cc1c(-c2cccc[n+]2C)ccn2c1cc1ccccc12.Cc1c2ccccc2n2cccc(-c3cccc[n+]3C)c12.Cc1ccc2c(oc3ccccc32)c1-c1c2cccn2cc[n+]1C.Cc1cccn2c1c(-c1cccc[n+]1C)c1ccccc12.Cc1ccn2c(cc3ccccc32)c1-c1cccc[n+]1C.Cc1cn2c(cc1-c1cccc[n+]1C)cc1ccccc12. The van der Waals surface area contributed by atoms with Crippen LogP contribution in [-0.4, -0.2) is 26.4 Å². The zero-order chi connectivity index (χ0) is 88.2. The van der Waals surface area contributed by atoms with E-state index in [2.05, 4.69) is 528 Å². The summed E-state index contributed by atoms with van der Waals surface area (Å²) in [5.74, 6) is 0. The van der Waals surface area contributed by atoms with Crippen LogP contribution < -0.4 is 27.4 Å². The normalized spacial score (nSPS) is 11.4. The van der Waals surface area contributed by atoms with Crippen molar-refractivity contribution in [3.05, 3.63) is 435 Å². The fourth-order valence-corrected chi connectivity index (χ4v) is 19.4. The molecule has 25 rings (SSSR count). The molecule has 0 spiro atoms. The van der Waals surface area contributed by atoms with E-state index in [1.54, 1.807) is 0 Å². The van der Waals surface area contributed by atoms with Gasteiger partial charge >= 0.3 is 0 Å². The fraction of sp³-hybridized carbons (Fsp3) is 0.103.